The van der Waals surface area contributed by atoms with Crippen molar-refractivity contribution >= 4 is 42.5 Å². The molecule has 6 rings (SSSR count). The van der Waals surface area contributed by atoms with E-state index in [4.69, 9.17) is 42.3 Å². The Morgan fingerprint density at radius 3 is 1.44 bits per heavy atom. The highest BCUT2D eigenvalue weighted by Crippen LogP contribution is 2.47. The third-order valence-corrected chi connectivity index (χ3v) is 11.7. The summed E-state index contributed by atoms with van der Waals surface area (Å²) in [4.78, 5) is 12.0. The maximum Gasteiger partial charge on any atom is 0.401 e. The van der Waals surface area contributed by atoms with Gasteiger partial charge in [0, 0.05) is 60.1 Å². The molecule has 0 aliphatic carbocycles. The number of hydrogen-bond acceptors (Lipinski definition) is 6. The van der Waals surface area contributed by atoms with Gasteiger partial charge in [0.2, 0.25) is 0 Å². The van der Waals surface area contributed by atoms with E-state index in [1.807, 2.05) is 30.4 Å². The molecule has 0 aromatic carbocycles. The Labute approximate surface area is 312 Å². The molecule has 0 saturated carbocycles. The number of fused-ring (bicyclic) bond motifs is 4. The molecule has 4 bridgehead atoms. The van der Waals surface area contributed by atoms with E-state index in [0.717, 1.165) is 16.7 Å². The van der Waals surface area contributed by atoms with Gasteiger partial charge < -0.3 is 11.5 Å². The minimum Gasteiger partial charge on any atom is -0.393 e. The van der Waals surface area contributed by atoms with Gasteiger partial charge in [0.15, 0.2) is 0 Å². The van der Waals surface area contributed by atoms with Gasteiger partial charge in [-0.05, 0) is 48.9 Å². The van der Waals surface area contributed by atoms with Crippen molar-refractivity contribution in [1.82, 2.24) is 19.8 Å². The first-order chi connectivity index (χ1) is 24.1. The van der Waals surface area contributed by atoms with Gasteiger partial charge in [0.25, 0.3) is 0 Å². The van der Waals surface area contributed by atoms with Gasteiger partial charge in [-0.15, -0.1) is 12.0 Å². The van der Waals surface area contributed by atoms with E-state index in [9.17, 15) is 26.3 Å². The number of rotatable bonds is 6. The number of aromatic nitrogens is 2. The van der Waals surface area contributed by atoms with Crippen LogP contribution in [0.1, 0.15) is 47.9 Å². The average molecular weight is 775 g/mol. The van der Waals surface area contributed by atoms with E-state index < -0.39 is 44.3 Å². The maximum absolute atomic E-state index is 13.0. The molecule has 2 aromatic heterocycles. The van der Waals surface area contributed by atoms with Crippen LogP contribution in [0, 0.1) is 23.8 Å². The van der Waals surface area contributed by atoms with E-state index >= 15 is 0 Å². The first-order valence-electron chi connectivity index (χ1n) is 16.7. The number of nitrogens with zero attached hydrogens (tertiary/aromatic N) is 4. The quantitative estimate of drug-likeness (QED) is 0.116. The predicted molar refractivity (Wildman–Crippen MR) is 201 cm³/mol. The lowest BCUT2D eigenvalue weighted by Crippen LogP contribution is -2.56. The molecular weight excluding hydrogens is 735 g/mol. The van der Waals surface area contributed by atoms with Crippen molar-refractivity contribution in [3.63, 3.8) is 0 Å². The SMILES string of the molecule is C#Cc1cncc(C2(C(N)=S)C[C@H]3C=C[C@@H](C2)N3CC(F)(F)F)c1.C[Si](C)(C)C#Cc1cncc(C2(C(N)=S)C[C@H]3C=C[C@@H](C2)N3CC(F)(F)F)c1. The highest BCUT2D eigenvalue weighted by Gasteiger charge is 2.52. The second-order valence-corrected chi connectivity index (χ2v) is 20.5. The number of piperidine rings is 2. The van der Waals surface area contributed by atoms with Gasteiger partial charge in [-0.25, -0.2) is 0 Å². The summed E-state index contributed by atoms with van der Waals surface area (Å²) in [5, 5.41) is 0. The summed E-state index contributed by atoms with van der Waals surface area (Å²) < 4.78 is 77.4. The van der Waals surface area contributed by atoms with Crippen LogP contribution < -0.4 is 11.5 Å². The lowest BCUT2D eigenvalue weighted by atomic mass is 9.69. The number of nitrogens with two attached hydrogens (primary N) is 2. The Bertz CT molecular complexity index is 1840. The Morgan fingerprint density at radius 2 is 1.12 bits per heavy atom. The smallest absolute Gasteiger partial charge is 0.393 e. The first kappa shape index (κ1) is 39.6. The summed E-state index contributed by atoms with van der Waals surface area (Å²) >= 11 is 10.7. The van der Waals surface area contributed by atoms with Crippen LogP contribution in [0.4, 0.5) is 26.3 Å². The Hall–Kier alpha value is -3.60. The van der Waals surface area contributed by atoms with Crippen LogP contribution in [-0.2, 0) is 10.8 Å². The molecule has 4 aliphatic rings. The lowest BCUT2D eigenvalue weighted by Gasteiger charge is -2.46. The number of pyridine rings is 2. The molecule has 2 unspecified atom stereocenters. The fraction of sp³-hybridized carbons (Fsp3) is 0.459. The number of thiocarbonyl (C=S) groups is 2. The van der Waals surface area contributed by atoms with Gasteiger partial charge in [-0.1, -0.05) is 80.2 Å². The third kappa shape index (κ3) is 8.77. The van der Waals surface area contributed by atoms with Crippen LogP contribution in [0.2, 0.25) is 19.6 Å². The monoisotopic (exact) mass is 774 g/mol. The molecule has 2 fully saturated rings. The fourth-order valence-corrected chi connectivity index (χ4v) is 8.72. The highest BCUT2D eigenvalue weighted by atomic mass is 32.1. The van der Waals surface area contributed by atoms with Crippen molar-refractivity contribution in [2.45, 2.75) is 92.7 Å². The van der Waals surface area contributed by atoms with Crippen LogP contribution in [0.3, 0.4) is 0 Å². The lowest BCUT2D eigenvalue weighted by molar-refractivity contribution is -0.155. The van der Waals surface area contributed by atoms with Crippen molar-refractivity contribution in [2.75, 3.05) is 13.1 Å². The summed E-state index contributed by atoms with van der Waals surface area (Å²) in [5.74, 6) is 5.71. The average Bonchev–Trinajstić information content (AvgIpc) is 3.40. The zero-order valence-electron chi connectivity index (χ0n) is 28.9. The molecule has 6 heterocycles. The molecule has 0 spiro atoms. The van der Waals surface area contributed by atoms with Crippen LogP contribution >= 0.6 is 24.4 Å². The second kappa shape index (κ2) is 14.7. The van der Waals surface area contributed by atoms with Gasteiger partial charge in [0.05, 0.1) is 33.9 Å². The van der Waals surface area contributed by atoms with E-state index in [1.165, 1.54) is 9.80 Å². The van der Waals surface area contributed by atoms with Crippen LogP contribution in [0.15, 0.2) is 61.2 Å². The molecule has 4 aliphatic heterocycles. The van der Waals surface area contributed by atoms with E-state index in [2.05, 4.69) is 47.0 Å². The molecule has 15 heteroatoms. The number of halogens is 6. The van der Waals surface area contributed by atoms with Gasteiger partial charge >= 0.3 is 12.4 Å². The molecule has 2 saturated heterocycles. The minimum atomic E-state index is -4.24. The molecule has 0 amide bonds. The topological polar surface area (TPSA) is 84.3 Å². The van der Waals surface area contributed by atoms with Crippen LogP contribution in [0.25, 0.3) is 0 Å². The molecule has 4 N–H and O–H groups in total. The summed E-state index contributed by atoms with van der Waals surface area (Å²) in [6, 6.07) is 2.32. The van der Waals surface area contributed by atoms with Crippen molar-refractivity contribution in [3.05, 3.63) is 83.5 Å². The summed E-state index contributed by atoms with van der Waals surface area (Å²) in [6.07, 6.45) is 12.5. The molecule has 6 atom stereocenters. The predicted octanol–water partition coefficient (Wildman–Crippen LogP) is 6.35. The number of hydrogen-bond donors (Lipinski definition) is 2. The van der Waals surface area contributed by atoms with Crippen molar-refractivity contribution < 1.29 is 26.3 Å². The third-order valence-electron chi connectivity index (χ3n) is 10.0. The van der Waals surface area contributed by atoms with Crippen molar-refractivity contribution in [3.8, 4) is 23.8 Å². The van der Waals surface area contributed by atoms with Crippen LogP contribution in [0.5, 0.6) is 0 Å². The molecule has 2 aromatic rings. The molecule has 6 nitrogen and oxygen atoms in total. The summed E-state index contributed by atoms with van der Waals surface area (Å²) in [7, 11) is -1.54. The largest absolute Gasteiger partial charge is 0.401 e. The molecule has 52 heavy (non-hydrogen) atoms. The highest BCUT2D eigenvalue weighted by molar-refractivity contribution is 7.80. The number of terminal acetylenes is 1. The first-order valence-corrected chi connectivity index (χ1v) is 21.0. The molecule has 0 radical (unpaired) electrons. The molecule has 276 valence electrons. The zero-order valence-corrected chi connectivity index (χ0v) is 31.6. The van der Waals surface area contributed by atoms with Crippen LogP contribution in [-0.4, -0.2) is 87.4 Å². The minimum absolute atomic E-state index is 0.267. The van der Waals surface area contributed by atoms with Gasteiger partial charge in [-0.3, -0.25) is 19.8 Å². The Morgan fingerprint density at radius 1 is 0.750 bits per heavy atom. The van der Waals surface area contributed by atoms with Crippen molar-refractivity contribution in [2.24, 2.45) is 11.5 Å². The normalized spacial score (nSPS) is 28.3. The zero-order chi connectivity index (χ0) is 38.3. The summed E-state index contributed by atoms with van der Waals surface area (Å²) in [5.41, 5.74) is 17.1. The standard InChI is InChI=1S/C20H24F3N3SSi.C17H16F3N3S/c1-28(2,3)7-6-14-8-15(12-25-11-14)19(18(24)27)9-16-4-5-17(10-19)26(16)13-20(21,22)23;1-2-11-5-12(9-22-8-11)16(15(21)24)6-13-3-4-14(7-16)23(13)10-17(18,19)20/h4-5,8,11-12,16-17H,9-10,13H2,1-3H3,(H2,24,27);1,3-5,8-9,13-14H,6-7,10H2,(H2,21,24)/t16-,17+,19?;13-,14+,16?. The van der Waals surface area contributed by atoms with Gasteiger partial charge in [0.1, 0.15) is 8.07 Å². The molecular formula is C37H40F6N6S2Si. The summed E-state index contributed by atoms with van der Waals surface area (Å²) in [6.45, 7) is 4.61. The maximum atomic E-state index is 13.0. The Kier molecular flexibility index (Phi) is 11.2. The van der Waals surface area contributed by atoms with Crippen molar-refractivity contribution in [1.29, 1.82) is 0 Å². The Balaban J connectivity index is 0.000000203. The van der Waals surface area contributed by atoms with E-state index in [0.29, 0.717) is 36.2 Å². The van der Waals surface area contributed by atoms with E-state index in [-0.39, 0.29) is 29.2 Å². The number of alkyl halides is 6. The van der Waals surface area contributed by atoms with Gasteiger partial charge in [-0.2, -0.15) is 26.3 Å². The second-order valence-electron chi connectivity index (χ2n) is 14.9. The fourth-order valence-electron chi connectivity index (χ4n) is 7.63. The van der Waals surface area contributed by atoms with E-state index in [1.54, 1.807) is 30.9 Å².